The van der Waals surface area contributed by atoms with Crippen molar-refractivity contribution < 1.29 is 9.53 Å². The molecule has 4 rings (SSSR count). The Morgan fingerprint density at radius 3 is 2.28 bits per heavy atom. The molecule has 0 unspecified atom stereocenters. The average Bonchev–Trinajstić information content (AvgIpc) is 3.30. The predicted molar refractivity (Wildman–Crippen MR) is 124 cm³/mol. The van der Waals surface area contributed by atoms with Crippen molar-refractivity contribution in [2.45, 2.75) is 11.8 Å². The summed E-state index contributed by atoms with van der Waals surface area (Å²) in [5, 5.41) is 18.6. The average molecular weight is 445 g/mol. The molecule has 8 nitrogen and oxygen atoms in total. The van der Waals surface area contributed by atoms with E-state index in [0.717, 1.165) is 11.4 Å². The number of hydrogen-bond donors (Lipinski definition) is 2. The summed E-state index contributed by atoms with van der Waals surface area (Å²) >= 11 is 1.24. The summed E-state index contributed by atoms with van der Waals surface area (Å²) in [6.45, 7) is 0.276. The zero-order chi connectivity index (χ0) is 22.0. The van der Waals surface area contributed by atoms with Gasteiger partial charge in [-0.25, -0.2) is 4.98 Å². The van der Waals surface area contributed by atoms with E-state index in [2.05, 4.69) is 30.7 Å². The number of ether oxygens (including phenoxy) is 1. The number of nitrogens with zero attached hydrogens (tertiary/aromatic N) is 4. The Kier molecular flexibility index (Phi) is 7.22. The first-order chi connectivity index (χ1) is 15.7. The van der Waals surface area contributed by atoms with Gasteiger partial charge in [0.05, 0.1) is 17.1 Å². The highest BCUT2D eigenvalue weighted by atomic mass is 32.2. The fourth-order valence-corrected chi connectivity index (χ4v) is 3.24. The first-order valence-electron chi connectivity index (χ1n) is 9.83. The van der Waals surface area contributed by atoms with Gasteiger partial charge in [0.1, 0.15) is 12.4 Å². The summed E-state index contributed by atoms with van der Waals surface area (Å²) in [6, 6.07) is 26.1. The van der Waals surface area contributed by atoms with E-state index in [1.807, 2.05) is 60.7 Å². The number of carbonyl (C=O) groups excluding carboxylic acids is 1. The number of thioether (sulfide) groups is 1. The van der Waals surface area contributed by atoms with Crippen LogP contribution in [0.4, 0.5) is 17.1 Å². The lowest BCUT2D eigenvalue weighted by atomic mass is 10.3. The standard InChI is InChI=1S/C23H20N6O2S/c30-22(16-32-23-25-21(28-29-23)15-31-20-9-5-2-6-10-20)24-17-11-13-19(14-12-17)27-26-18-7-3-1-4-8-18/h1-14H,15-16H2,(H,24,30)(H,25,28,29). The Balaban J connectivity index is 1.22. The van der Waals surface area contributed by atoms with E-state index < -0.39 is 0 Å². The molecule has 0 aliphatic heterocycles. The van der Waals surface area contributed by atoms with Gasteiger partial charge in [0.15, 0.2) is 5.82 Å². The lowest BCUT2D eigenvalue weighted by Gasteiger charge is -2.04. The van der Waals surface area contributed by atoms with Crippen LogP contribution >= 0.6 is 11.8 Å². The fraction of sp³-hybridized carbons (Fsp3) is 0.0870. The van der Waals surface area contributed by atoms with Gasteiger partial charge in [-0.2, -0.15) is 10.2 Å². The molecule has 0 aliphatic carbocycles. The van der Waals surface area contributed by atoms with Crippen molar-refractivity contribution in [3.8, 4) is 5.75 Å². The van der Waals surface area contributed by atoms with Crippen molar-refractivity contribution in [3.05, 3.63) is 90.8 Å². The summed E-state index contributed by atoms with van der Waals surface area (Å²) in [6.07, 6.45) is 0. The normalized spacial score (nSPS) is 10.9. The second kappa shape index (κ2) is 10.9. The van der Waals surface area contributed by atoms with Crippen LogP contribution in [-0.2, 0) is 11.4 Å². The molecule has 0 atom stereocenters. The second-order valence-corrected chi connectivity index (χ2v) is 7.53. The molecule has 0 aliphatic rings. The molecule has 2 N–H and O–H groups in total. The van der Waals surface area contributed by atoms with Gasteiger partial charge < -0.3 is 10.1 Å². The predicted octanol–water partition coefficient (Wildman–Crippen LogP) is 5.53. The fourth-order valence-electron chi connectivity index (χ4n) is 2.62. The molecule has 1 amide bonds. The number of para-hydroxylation sites is 1. The van der Waals surface area contributed by atoms with Crippen molar-refractivity contribution in [2.75, 3.05) is 11.1 Å². The van der Waals surface area contributed by atoms with Crippen LogP contribution in [0.2, 0.25) is 0 Å². The second-order valence-electron chi connectivity index (χ2n) is 6.59. The van der Waals surface area contributed by atoms with E-state index in [9.17, 15) is 4.79 Å². The van der Waals surface area contributed by atoms with Gasteiger partial charge in [0.2, 0.25) is 11.1 Å². The van der Waals surface area contributed by atoms with Crippen molar-refractivity contribution in [1.82, 2.24) is 15.2 Å². The smallest absolute Gasteiger partial charge is 0.234 e. The van der Waals surface area contributed by atoms with Crippen molar-refractivity contribution in [1.29, 1.82) is 0 Å². The van der Waals surface area contributed by atoms with Gasteiger partial charge in [0, 0.05) is 5.69 Å². The number of hydrogen-bond acceptors (Lipinski definition) is 7. The van der Waals surface area contributed by atoms with Crippen molar-refractivity contribution >= 4 is 34.7 Å². The molecule has 0 bridgehead atoms. The summed E-state index contributed by atoms with van der Waals surface area (Å²) in [5.41, 5.74) is 2.16. The van der Waals surface area contributed by atoms with Crippen molar-refractivity contribution in [2.24, 2.45) is 10.2 Å². The quantitative estimate of drug-likeness (QED) is 0.261. The van der Waals surface area contributed by atoms with Crippen molar-refractivity contribution in [3.63, 3.8) is 0 Å². The third kappa shape index (κ3) is 6.51. The minimum absolute atomic E-state index is 0.152. The maximum atomic E-state index is 12.2. The number of aromatic nitrogens is 3. The molecule has 0 radical (unpaired) electrons. The zero-order valence-corrected chi connectivity index (χ0v) is 17.8. The maximum Gasteiger partial charge on any atom is 0.234 e. The molecule has 4 aromatic rings. The first-order valence-corrected chi connectivity index (χ1v) is 10.8. The van der Waals surface area contributed by atoms with Crippen LogP contribution in [0, 0.1) is 0 Å². The maximum absolute atomic E-state index is 12.2. The summed E-state index contributed by atoms with van der Waals surface area (Å²) in [4.78, 5) is 16.6. The number of nitrogens with one attached hydrogen (secondary N) is 2. The Labute approximate surface area is 189 Å². The number of carbonyl (C=O) groups is 1. The van der Waals surface area contributed by atoms with Crippen LogP contribution in [-0.4, -0.2) is 26.8 Å². The molecule has 3 aromatic carbocycles. The molecule has 9 heteroatoms. The Bertz CT molecular complexity index is 1160. The minimum Gasteiger partial charge on any atom is -0.486 e. The third-order valence-electron chi connectivity index (χ3n) is 4.15. The molecule has 160 valence electrons. The number of rotatable bonds is 9. The molecule has 0 fully saturated rings. The Hall–Kier alpha value is -3.98. The monoisotopic (exact) mass is 444 g/mol. The number of anilines is 1. The number of amides is 1. The highest BCUT2D eigenvalue weighted by molar-refractivity contribution is 7.99. The van der Waals surface area contributed by atoms with Gasteiger partial charge >= 0.3 is 0 Å². The van der Waals surface area contributed by atoms with Gasteiger partial charge in [-0.1, -0.05) is 48.2 Å². The van der Waals surface area contributed by atoms with Crippen LogP contribution in [0.15, 0.2) is 100 Å². The number of H-pyrrole nitrogens is 1. The van der Waals surface area contributed by atoms with Crippen LogP contribution in [0.1, 0.15) is 5.82 Å². The van der Waals surface area contributed by atoms with Crippen LogP contribution in [0.5, 0.6) is 5.75 Å². The molecule has 0 spiro atoms. The summed E-state index contributed by atoms with van der Waals surface area (Å²) in [5.74, 6) is 1.38. The Morgan fingerprint density at radius 2 is 1.56 bits per heavy atom. The largest absolute Gasteiger partial charge is 0.486 e. The highest BCUT2D eigenvalue weighted by Crippen LogP contribution is 2.20. The lowest BCUT2D eigenvalue weighted by molar-refractivity contribution is -0.113. The van der Waals surface area contributed by atoms with Gasteiger partial charge in [0.25, 0.3) is 0 Å². The number of benzene rings is 3. The molecule has 0 saturated heterocycles. The third-order valence-corrected chi connectivity index (χ3v) is 5.00. The highest BCUT2D eigenvalue weighted by Gasteiger charge is 2.09. The summed E-state index contributed by atoms with van der Waals surface area (Å²) in [7, 11) is 0. The lowest BCUT2D eigenvalue weighted by Crippen LogP contribution is -2.13. The van der Waals surface area contributed by atoms with Gasteiger partial charge in [-0.15, -0.1) is 5.10 Å². The molecular formula is C23H20N6O2S. The molecular weight excluding hydrogens is 424 g/mol. The Morgan fingerprint density at radius 1 is 0.906 bits per heavy atom. The van der Waals surface area contributed by atoms with Crippen LogP contribution < -0.4 is 10.1 Å². The number of aromatic amines is 1. The van der Waals surface area contributed by atoms with E-state index in [1.165, 1.54) is 11.8 Å². The molecule has 32 heavy (non-hydrogen) atoms. The topological polar surface area (TPSA) is 105 Å². The molecule has 1 aromatic heterocycles. The van der Waals surface area contributed by atoms with E-state index in [0.29, 0.717) is 22.4 Å². The molecule has 1 heterocycles. The first kappa shape index (κ1) is 21.3. The van der Waals surface area contributed by atoms with E-state index in [1.54, 1.807) is 24.3 Å². The molecule has 0 saturated carbocycles. The summed E-state index contributed by atoms with van der Waals surface area (Å²) < 4.78 is 5.63. The zero-order valence-electron chi connectivity index (χ0n) is 17.0. The van der Waals surface area contributed by atoms with E-state index in [-0.39, 0.29) is 18.3 Å². The van der Waals surface area contributed by atoms with Crippen LogP contribution in [0.3, 0.4) is 0 Å². The van der Waals surface area contributed by atoms with Crippen LogP contribution in [0.25, 0.3) is 0 Å². The number of azo groups is 1. The van der Waals surface area contributed by atoms with E-state index >= 15 is 0 Å². The van der Waals surface area contributed by atoms with Gasteiger partial charge in [-0.3, -0.25) is 9.89 Å². The minimum atomic E-state index is -0.152. The van der Waals surface area contributed by atoms with E-state index in [4.69, 9.17) is 4.74 Å². The SMILES string of the molecule is O=C(CSc1n[nH]c(COc2ccccc2)n1)Nc1ccc(N=Nc2ccccc2)cc1. The van der Waals surface area contributed by atoms with Gasteiger partial charge in [-0.05, 0) is 48.5 Å².